The van der Waals surface area contributed by atoms with Gasteiger partial charge in [0.05, 0.1) is 11.1 Å². The van der Waals surface area contributed by atoms with Gasteiger partial charge in [-0.1, -0.05) is 0 Å². The summed E-state index contributed by atoms with van der Waals surface area (Å²) < 4.78 is 4.51. The van der Waals surface area contributed by atoms with E-state index in [1.165, 1.54) is 18.5 Å². The zero-order valence-corrected chi connectivity index (χ0v) is 5.52. The van der Waals surface area contributed by atoms with Crippen LogP contribution < -0.4 is 0 Å². The summed E-state index contributed by atoms with van der Waals surface area (Å²) in [6.07, 6.45) is 1.77. The number of ether oxygens (including phenoxy) is 1. The number of carbonyl (C=O) groups is 1. The number of hydrogen-bond donors (Lipinski definition) is 1. The van der Waals surface area contributed by atoms with Crippen LogP contribution in [-0.4, -0.2) is 16.1 Å². The van der Waals surface area contributed by atoms with Gasteiger partial charge in [0.15, 0.2) is 0 Å². The lowest BCUT2D eigenvalue weighted by molar-refractivity contribution is -0.0548. The zero-order valence-electron chi connectivity index (χ0n) is 5.52. The first kappa shape index (κ1) is 6.30. The van der Waals surface area contributed by atoms with E-state index in [1.54, 1.807) is 0 Å². The molecule has 0 fully saturated rings. The Bertz CT molecular complexity index is 310. The van der Waals surface area contributed by atoms with Crippen molar-refractivity contribution in [3.05, 3.63) is 29.6 Å². The minimum Gasteiger partial charge on any atom is -0.428 e. The van der Waals surface area contributed by atoms with E-state index < -0.39 is 12.3 Å². The highest BCUT2D eigenvalue weighted by molar-refractivity contribution is 5.93. The Morgan fingerprint density at radius 2 is 2.45 bits per heavy atom. The molecule has 0 bridgehead atoms. The molecule has 0 radical (unpaired) electrons. The lowest BCUT2D eigenvalue weighted by atomic mass is 10.2. The molecule has 1 aromatic heterocycles. The summed E-state index contributed by atoms with van der Waals surface area (Å²) in [5.41, 5.74) is 0.838. The van der Waals surface area contributed by atoms with Gasteiger partial charge in [-0.25, -0.2) is 4.79 Å². The number of rotatable bonds is 0. The predicted octanol–water partition coefficient (Wildman–Crippen LogP) is 0.243. The molecule has 1 aliphatic heterocycles. The Labute approximate surface area is 62.4 Å². The third-order valence-corrected chi connectivity index (χ3v) is 1.56. The molecule has 11 heavy (non-hydrogen) atoms. The monoisotopic (exact) mass is 151 g/mol. The summed E-state index contributed by atoms with van der Waals surface area (Å²) in [6, 6.07) is 1.52. The Morgan fingerprint density at radius 1 is 1.64 bits per heavy atom. The fourth-order valence-electron chi connectivity index (χ4n) is 1.02. The smallest absolute Gasteiger partial charge is 0.341 e. The molecule has 1 atom stereocenters. The molecule has 1 unspecified atom stereocenters. The fourth-order valence-corrected chi connectivity index (χ4v) is 1.02. The molecule has 0 saturated carbocycles. The van der Waals surface area contributed by atoms with Gasteiger partial charge < -0.3 is 9.84 Å². The van der Waals surface area contributed by atoms with Crippen LogP contribution >= 0.6 is 0 Å². The predicted molar refractivity (Wildman–Crippen MR) is 34.6 cm³/mol. The third-order valence-electron chi connectivity index (χ3n) is 1.56. The van der Waals surface area contributed by atoms with Crippen LogP contribution in [0.1, 0.15) is 22.2 Å². The molecular weight excluding hydrogens is 146 g/mol. The molecule has 0 aliphatic carbocycles. The van der Waals surface area contributed by atoms with Crippen molar-refractivity contribution in [1.82, 2.24) is 4.98 Å². The molecular formula is C7H5NO3. The van der Waals surface area contributed by atoms with Crippen LogP contribution in [0.15, 0.2) is 18.5 Å². The number of fused-ring (bicyclic) bond motifs is 1. The normalized spacial score (nSPS) is 21.2. The van der Waals surface area contributed by atoms with Crippen molar-refractivity contribution in [3.63, 3.8) is 0 Å². The number of hydrogen-bond acceptors (Lipinski definition) is 4. The summed E-state index contributed by atoms with van der Waals surface area (Å²) in [6.45, 7) is 0. The maximum Gasteiger partial charge on any atom is 0.341 e. The Kier molecular flexibility index (Phi) is 1.16. The summed E-state index contributed by atoms with van der Waals surface area (Å²) in [4.78, 5) is 14.6. The lowest BCUT2D eigenvalue weighted by Crippen LogP contribution is -1.95. The van der Waals surface area contributed by atoms with Gasteiger partial charge in [-0.15, -0.1) is 0 Å². The van der Waals surface area contributed by atoms with Crippen molar-refractivity contribution in [3.8, 4) is 0 Å². The second-order valence-electron chi connectivity index (χ2n) is 2.22. The standard InChI is InChI=1S/C7H5NO3/c9-6-4-1-2-8-3-5(4)7(10)11-6/h1-3,7,10H. The Hall–Kier alpha value is -1.42. The van der Waals surface area contributed by atoms with Gasteiger partial charge in [0.25, 0.3) is 0 Å². The molecule has 0 amide bonds. The first-order chi connectivity index (χ1) is 5.29. The van der Waals surface area contributed by atoms with E-state index in [-0.39, 0.29) is 0 Å². The molecule has 0 saturated heterocycles. The number of pyridine rings is 1. The van der Waals surface area contributed by atoms with E-state index >= 15 is 0 Å². The number of cyclic esters (lactones) is 1. The first-order valence-electron chi connectivity index (χ1n) is 3.12. The van der Waals surface area contributed by atoms with E-state index in [2.05, 4.69) is 9.72 Å². The molecule has 1 aromatic rings. The topological polar surface area (TPSA) is 59.4 Å². The van der Waals surface area contributed by atoms with E-state index in [0.29, 0.717) is 11.1 Å². The molecule has 2 heterocycles. The average molecular weight is 151 g/mol. The van der Waals surface area contributed by atoms with Crippen molar-refractivity contribution < 1.29 is 14.6 Å². The van der Waals surface area contributed by atoms with Crippen LogP contribution in [0, 0.1) is 0 Å². The quantitative estimate of drug-likeness (QED) is 0.539. The minimum absolute atomic E-state index is 0.396. The van der Waals surface area contributed by atoms with Crippen molar-refractivity contribution >= 4 is 5.97 Å². The molecule has 4 nitrogen and oxygen atoms in total. The highest BCUT2D eigenvalue weighted by Gasteiger charge is 2.28. The highest BCUT2D eigenvalue weighted by atomic mass is 16.6. The molecule has 2 rings (SSSR count). The van der Waals surface area contributed by atoms with Crippen LogP contribution in [0.2, 0.25) is 0 Å². The van der Waals surface area contributed by atoms with Gasteiger partial charge in [-0.3, -0.25) is 4.98 Å². The van der Waals surface area contributed by atoms with Gasteiger partial charge in [-0.05, 0) is 6.07 Å². The van der Waals surface area contributed by atoms with Gasteiger partial charge in [0, 0.05) is 12.4 Å². The minimum atomic E-state index is -1.13. The number of nitrogens with zero attached hydrogens (tertiary/aromatic N) is 1. The van der Waals surface area contributed by atoms with Crippen molar-refractivity contribution in [2.24, 2.45) is 0 Å². The van der Waals surface area contributed by atoms with Crippen molar-refractivity contribution in [2.45, 2.75) is 6.29 Å². The van der Waals surface area contributed by atoms with Gasteiger partial charge in [-0.2, -0.15) is 0 Å². The molecule has 0 spiro atoms. The number of aliphatic hydroxyl groups is 1. The Balaban J connectivity index is 2.60. The summed E-state index contributed by atoms with van der Waals surface area (Å²) in [7, 11) is 0. The Morgan fingerprint density at radius 3 is 3.18 bits per heavy atom. The fraction of sp³-hybridized carbons (Fsp3) is 0.143. The van der Waals surface area contributed by atoms with E-state index in [1.807, 2.05) is 0 Å². The maximum absolute atomic E-state index is 10.9. The average Bonchev–Trinajstić information content (AvgIpc) is 2.30. The second-order valence-corrected chi connectivity index (χ2v) is 2.22. The lowest BCUT2D eigenvalue weighted by Gasteiger charge is -1.98. The number of aromatic nitrogens is 1. The van der Waals surface area contributed by atoms with Gasteiger partial charge >= 0.3 is 5.97 Å². The van der Waals surface area contributed by atoms with Crippen molar-refractivity contribution in [2.75, 3.05) is 0 Å². The van der Waals surface area contributed by atoms with E-state index in [4.69, 9.17) is 5.11 Å². The van der Waals surface area contributed by atoms with Crippen LogP contribution in [-0.2, 0) is 4.74 Å². The summed E-state index contributed by atoms with van der Waals surface area (Å²) in [5, 5.41) is 9.07. The molecule has 0 aromatic carbocycles. The summed E-state index contributed by atoms with van der Waals surface area (Å²) >= 11 is 0. The number of esters is 1. The zero-order chi connectivity index (χ0) is 7.84. The van der Waals surface area contributed by atoms with Gasteiger partial charge in [0.1, 0.15) is 0 Å². The van der Waals surface area contributed by atoms with E-state index in [9.17, 15) is 4.79 Å². The summed E-state index contributed by atoms with van der Waals surface area (Å²) in [5.74, 6) is -0.491. The van der Waals surface area contributed by atoms with Crippen molar-refractivity contribution in [1.29, 1.82) is 0 Å². The van der Waals surface area contributed by atoms with Gasteiger partial charge in [0.2, 0.25) is 6.29 Å². The largest absolute Gasteiger partial charge is 0.428 e. The van der Waals surface area contributed by atoms with Crippen LogP contribution in [0.3, 0.4) is 0 Å². The van der Waals surface area contributed by atoms with Crippen LogP contribution in [0.25, 0.3) is 0 Å². The molecule has 56 valence electrons. The van der Waals surface area contributed by atoms with E-state index in [0.717, 1.165) is 0 Å². The molecule has 4 heteroatoms. The number of carbonyl (C=O) groups excluding carboxylic acids is 1. The third kappa shape index (κ3) is 0.798. The highest BCUT2D eigenvalue weighted by Crippen LogP contribution is 2.26. The van der Waals surface area contributed by atoms with Crippen LogP contribution in [0.4, 0.5) is 0 Å². The molecule has 1 N–H and O–H groups in total. The van der Waals surface area contributed by atoms with Crippen LogP contribution in [0.5, 0.6) is 0 Å². The maximum atomic E-state index is 10.9. The number of aliphatic hydroxyl groups excluding tert-OH is 1. The first-order valence-corrected chi connectivity index (χ1v) is 3.12. The molecule has 1 aliphatic rings. The SMILES string of the molecule is O=C1OC(O)c2cnccc21. The second kappa shape index (κ2) is 2.03.